The lowest BCUT2D eigenvalue weighted by Crippen LogP contribution is -2.05. The Morgan fingerprint density at radius 2 is 2.00 bits per heavy atom. The number of hydrogen-bond acceptors (Lipinski definition) is 5. The molecule has 3 rings (SSSR count). The predicted octanol–water partition coefficient (Wildman–Crippen LogP) is 3.54. The van der Waals surface area contributed by atoms with E-state index in [1.54, 1.807) is 18.2 Å². The molecule has 0 radical (unpaired) electrons. The number of rotatable bonds is 2. The maximum absolute atomic E-state index is 12.2. The topological polar surface area (TPSA) is 69.4 Å². The number of ether oxygens (including phenoxy) is 1. The van der Waals surface area contributed by atoms with Crippen LogP contribution in [0.15, 0.2) is 56.1 Å². The first-order chi connectivity index (χ1) is 10.5. The van der Waals surface area contributed by atoms with Gasteiger partial charge in [-0.1, -0.05) is 12.1 Å². The third kappa shape index (κ3) is 2.78. The normalized spacial score (nSPS) is 10.6. The van der Waals surface area contributed by atoms with Crippen LogP contribution < -0.4 is 10.4 Å². The zero-order chi connectivity index (χ0) is 15.7. The predicted molar refractivity (Wildman–Crippen MR) is 84.7 cm³/mol. The molecule has 6 heteroatoms. The standard InChI is InChI=1S/C16H10BrNO4/c1-9(19)21-10-6-7-14-12(8-10)16(20)22-15(18-14)11-4-2-3-5-13(11)17/h2-8H,1H3. The molecule has 0 saturated heterocycles. The molecular formula is C16H10BrNO4. The van der Waals surface area contributed by atoms with Crippen LogP contribution in [-0.2, 0) is 4.79 Å². The van der Waals surface area contributed by atoms with Crippen molar-refractivity contribution < 1.29 is 13.9 Å². The number of halogens is 1. The Hall–Kier alpha value is -2.47. The number of nitrogens with zero attached hydrogens (tertiary/aromatic N) is 1. The molecule has 22 heavy (non-hydrogen) atoms. The molecule has 0 unspecified atom stereocenters. The Morgan fingerprint density at radius 3 is 2.73 bits per heavy atom. The van der Waals surface area contributed by atoms with Crippen LogP contribution in [0.25, 0.3) is 22.4 Å². The van der Waals surface area contributed by atoms with Crippen LogP contribution in [0.2, 0.25) is 0 Å². The molecular weight excluding hydrogens is 350 g/mol. The minimum absolute atomic E-state index is 0.227. The van der Waals surface area contributed by atoms with Gasteiger partial charge in [0, 0.05) is 11.4 Å². The van der Waals surface area contributed by atoms with Crippen LogP contribution in [0.4, 0.5) is 0 Å². The van der Waals surface area contributed by atoms with E-state index >= 15 is 0 Å². The van der Waals surface area contributed by atoms with Crippen LogP contribution in [0.1, 0.15) is 6.92 Å². The first-order valence-corrected chi connectivity index (χ1v) is 7.22. The van der Waals surface area contributed by atoms with Gasteiger partial charge < -0.3 is 9.15 Å². The summed E-state index contributed by atoms with van der Waals surface area (Å²) < 4.78 is 11.0. The lowest BCUT2D eigenvalue weighted by molar-refractivity contribution is -0.131. The van der Waals surface area contributed by atoms with Gasteiger partial charge in [0.15, 0.2) is 0 Å². The fourth-order valence-electron chi connectivity index (χ4n) is 2.03. The van der Waals surface area contributed by atoms with Gasteiger partial charge in [0.05, 0.1) is 16.5 Å². The number of fused-ring (bicyclic) bond motifs is 1. The fourth-order valence-corrected chi connectivity index (χ4v) is 2.48. The highest BCUT2D eigenvalue weighted by atomic mass is 79.9. The van der Waals surface area contributed by atoms with Gasteiger partial charge in [-0.25, -0.2) is 9.78 Å². The number of carbonyl (C=O) groups is 1. The van der Waals surface area contributed by atoms with E-state index in [2.05, 4.69) is 20.9 Å². The second-order valence-electron chi connectivity index (χ2n) is 4.56. The van der Waals surface area contributed by atoms with Gasteiger partial charge in [-0.3, -0.25) is 4.79 Å². The van der Waals surface area contributed by atoms with Gasteiger partial charge in [-0.2, -0.15) is 0 Å². The number of hydrogen-bond donors (Lipinski definition) is 0. The minimum Gasteiger partial charge on any atom is -0.427 e. The number of carbonyl (C=O) groups excluding carboxylic acids is 1. The Morgan fingerprint density at radius 1 is 1.23 bits per heavy atom. The molecule has 1 aromatic heterocycles. The molecule has 1 heterocycles. The van der Waals surface area contributed by atoms with E-state index in [0.717, 1.165) is 4.47 Å². The van der Waals surface area contributed by atoms with Crippen molar-refractivity contribution >= 4 is 32.8 Å². The van der Waals surface area contributed by atoms with Crippen molar-refractivity contribution in [3.05, 3.63) is 57.4 Å². The molecule has 0 spiro atoms. The average molecular weight is 360 g/mol. The summed E-state index contributed by atoms with van der Waals surface area (Å²) in [5.74, 6) is 0.0505. The third-order valence-corrected chi connectivity index (χ3v) is 3.66. The zero-order valence-corrected chi connectivity index (χ0v) is 13.1. The Kier molecular flexibility index (Phi) is 3.77. The maximum Gasteiger partial charge on any atom is 0.347 e. The van der Waals surface area contributed by atoms with Crippen molar-refractivity contribution in [2.75, 3.05) is 0 Å². The molecule has 3 aromatic rings. The number of esters is 1. The molecule has 2 aromatic carbocycles. The van der Waals surface area contributed by atoms with E-state index in [4.69, 9.17) is 9.15 Å². The number of benzene rings is 2. The van der Waals surface area contributed by atoms with E-state index in [0.29, 0.717) is 11.1 Å². The lowest BCUT2D eigenvalue weighted by atomic mass is 10.2. The highest BCUT2D eigenvalue weighted by molar-refractivity contribution is 9.10. The van der Waals surface area contributed by atoms with Crippen LogP contribution in [0.3, 0.4) is 0 Å². The summed E-state index contributed by atoms with van der Waals surface area (Å²) in [6.07, 6.45) is 0. The Balaban J connectivity index is 2.16. The SMILES string of the molecule is CC(=O)Oc1ccc2nc(-c3ccccc3Br)oc(=O)c2c1. The second kappa shape index (κ2) is 5.73. The highest BCUT2D eigenvalue weighted by Crippen LogP contribution is 2.27. The van der Waals surface area contributed by atoms with Crippen LogP contribution in [0, 0.1) is 0 Å². The van der Waals surface area contributed by atoms with E-state index in [1.165, 1.54) is 13.0 Å². The Bertz CT molecular complexity index is 933. The fraction of sp³-hybridized carbons (Fsp3) is 0.0625. The van der Waals surface area contributed by atoms with Crippen molar-refractivity contribution in [1.29, 1.82) is 0 Å². The summed E-state index contributed by atoms with van der Waals surface area (Å²) >= 11 is 3.40. The molecule has 0 bridgehead atoms. The van der Waals surface area contributed by atoms with Gasteiger partial charge in [0.25, 0.3) is 0 Å². The van der Waals surface area contributed by atoms with E-state index in [1.807, 2.05) is 18.2 Å². The summed E-state index contributed by atoms with van der Waals surface area (Å²) in [5, 5.41) is 0.259. The quantitative estimate of drug-likeness (QED) is 0.517. The van der Waals surface area contributed by atoms with Crippen molar-refractivity contribution in [3.8, 4) is 17.2 Å². The molecule has 0 aliphatic rings. The van der Waals surface area contributed by atoms with Crippen LogP contribution >= 0.6 is 15.9 Å². The third-order valence-electron chi connectivity index (χ3n) is 2.97. The monoisotopic (exact) mass is 359 g/mol. The van der Waals surface area contributed by atoms with Crippen LogP contribution in [-0.4, -0.2) is 11.0 Å². The number of aromatic nitrogens is 1. The first kappa shape index (κ1) is 14.5. The van der Waals surface area contributed by atoms with Gasteiger partial charge in [-0.15, -0.1) is 0 Å². The largest absolute Gasteiger partial charge is 0.427 e. The maximum atomic E-state index is 12.2. The molecule has 0 aliphatic carbocycles. The summed E-state index contributed by atoms with van der Waals surface area (Å²) in [7, 11) is 0. The van der Waals surface area contributed by atoms with Crippen molar-refractivity contribution in [2.24, 2.45) is 0 Å². The molecule has 110 valence electrons. The summed E-state index contributed by atoms with van der Waals surface area (Å²) in [6.45, 7) is 1.29. The van der Waals surface area contributed by atoms with E-state index in [-0.39, 0.29) is 17.0 Å². The van der Waals surface area contributed by atoms with Gasteiger partial charge >= 0.3 is 11.6 Å². The van der Waals surface area contributed by atoms with E-state index in [9.17, 15) is 9.59 Å². The smallest absolute Gasteiger partial charge is 0.347 e. The van der Waals surface area contributed by atoms with Crippen LogP contribution in [0.5, 0.6) is 5.75 Å². The molecule has 0 atom stereocenters. The zero-order valence-electron chi connectivity index (χ0n) is 11.5. The summed E-state index contributed by atoms with van der Waals surface area (Å²) in [6, 6.07) is 12.0. The summed E-state index contributed by atoms with van der Waals surface area (Å²) in [5.41, 5.74) is 0.619. The highest BCUT2D eigenvalue weighted by Gasteiger charge is 2.12. The molecule has 0 N–H and O–H groups in total. The van der Waals surface area contributed by atoms with Crippen molar-refractivity contribution in [3.63, 3.8) is 0 Å². The molecule has 0 aliphatic heterocycles. The first-order valence-electron chi connectivity index (χ1n) is 6.43. The van der Waals surface area contributed by atoms with E-state index < -0.39 is 11.6 Å². The van der Waals surface area contributed by atoms with Gasteiger partial charge in [-0.05, 0) is 46.3 Å². The molecule has 0 fully saturated rings. The average Bonchev–Trinajstić information content (AvgIpc) is 2.47. The summed E-state index contributed by atoms with van der Waals surface area (Å²) in [4.78, 5) is 27.5. The van der Waals surface area contributed by atoms with Gasteiger partial charge in [0.2, 0.25) is 5.89 Å². The van der Waals surface area contributed by atoms with Crippen molar-refractivity contribution in [2.45, 2.75) is 6.92 Å². The molecule has 0 saturated carbocycles. The van der Waals surface area contributed by atoms with Crippen molar-refractivity contribution in [1.82, 2.24) is 4.98 Å². The Labute approximate surface area is 133 Å². The van der Waals surface area contributed by atoms with Gasteiger partial charge in [0.1, 0.15) is 5.75 Å². The second-order valence-corrected chi connectivity index (χ2v) is 5.41. The molecule has 5 nitrogen and oxygen atoms in total. The molecule has 0 amide bonds. The minimum atomic E-state index is -0.537. The lowest BCUT2D eigenvalue weighted by Gasteiger charge is -2.05.